The molecule has 1 aliphatic carbocycles. The van der Waals surface area contributed by atoms with Gasteiger partial charge in [0, 0.05) is 25.3 Å². The summed E-state index contributed by atoms with van der Waals surface area (Å²) in [4.78, 5) is 6.85. The van der Waals surface area contributed by atoms with Gasteiger partial charge in [-0.1, -0.05) is 13.3 Å². The summed E-state index contributed by atoms with van der Waals surface area (Å²) < 4.78 is 0. The molecule has 1 aromatic heterocycles. The lowest BCUT2D eigenvalue weighted by molar-refractivity contribution is 0.313. The topological polar surface area (TPSA) is 42.1 Å². The fourth-order valence-electron chi connectivity index (χ4n) is 3.04. The number of nitrogens with two attached hydrogens (primary N) is 1. The lowest BCUT2D eigenvalue weighted by atomic mass is 9.84. The standard InChI is InChI=1S/C16H27N3/c1-4-13-5-7-15(8-6-13)19(3)16-11-14(12(2)17)9-10-18-16/h9-13,15H,4-8,17H2,1-3H3/t12-,13?,15?/m0/s1. The maximum atomic E-state index is 5.95. The zero-order valence-electron chi connectivity index (χ0n) is 12.5. The van der Waals surface area contributed by atoms with Crippen LogP contribution in [0.1, 0.15) is 57.6 Å². The fraction of sp³-hybridized carbons (Fsp3) is 0.688. The van der Waals surface area contributed by atoms with E-state index in [0.717, 1.165) is 11.7 Å². The molecule has 3 heteroatoms. The third-order valence-corrected chi connectivity index (χ3v) is 4.60. The Morgan fingerprint density at radius 1 is 1.37 bits per heavy atom. The Morgan fingerprint density at radius 2 is 2.05 bits per heavy atom. The van der Waals surface area contributed by atoms with E-state index >= 15 is 0 Å². The number of pyridine rings is 1. The van der Waals surface area contributed by atoms with Crippen LogP contribution in [0, 0.1) is 5.92 Å². The van der Waals surface area contributed by atoms with E-state index in [-0.39, 0.29) is 6.04 Å². The van der Waals surface area contributed by atoms with Crippen molar-refractivity contribution >= 4 is 5.82 Å². The molecule has 3 nitrogen and oxygen atoms in total. The summed E-state index contributed by atoms with van der Waals surface area (Å²) in [6.45, 7) is 4.33. The molecule has 1 atom stereocenters. The van der Waals surface area contributed by atoms with Crippen LogP contribution >= 0.6 is 0 Å². The average molecular weight is 261 g/mol. The molecule has 19 heavy (non-hydrogen) atoms. The number of aromatic nitrogens is 1. The zero-order chi connectivity index (χ0) is 13.8. The van der Waals surface area contributed by atoms with Crippen LogP contribution < -0.4 is 10.6 Å². The molecule has 0 bridgehead atoms. The van der Waals surface area contributed by atoms with Crippen LogP contribution in [0.2, 0.25) is 0 Å². The number of anilines is 1. The van der Waals surface area contributed by atoms with E-state index in [2.05, 4.69) is 29.9 Å². The fourth-order valence-corrected chi connectivity index (χ4v) is 3.04. The molecule has 0 aliphatic heterocycles. The Labute approximate surface area is 117 Å². The second kappa shape index (κ2) is 6.38. The summed E-state index contributed by atoms with van der Waals surface area (Å²) in [5, 5.41) is 0. The van der Waals surface area contributed by atoms with Crippen molar-refractivity contribution in [2.75, 3.05) is 11.9 Å². The molecule has 0 spiro atoms. The number of hydrogen-bond donors (Lipinski definition) is 1. The second-order valence-electron chi connectivity index (χ2n) is 5.93. The van der Waals surface area contributed by atoms with Gasteiger partial charge >= 0.3 is 0 Å². The summed E-state index contributed by atoms with van der Waals surface area (Å²) >= 11 is 0. The van der Waals surface area contributed by atoms with Crippen molar-refractivity contribution in [3.05, 3.63) is 23.9 Å². The van der Waals surface area contributed by atoms with Crippen molar-refractivity contribution in [1.29, 1.82) is 0 Å². The first kappa shape index (κ1) is 14.3. The Bertz CT molecular complexity index is 395. The highest BCUT2D eigenvalue weighted by Gasteiger charge is 2.23. The summed E-state index contributed by atoms with van der Waals surface area (Å²) in [5.41, 5.74) is 7.12. The van der Waals surface area contributed by atoms with Gasteiger partial charge in [-0.05, 0) is 56.2 Å². The molecular formula is C16H27N3. The SMILES string of the molecule is CCC1CCC(N(C)c2cc([C@H](C)N)ccn2)CC1. The van der Waals surface area contributed by atoms with Crippen molar-refractivity contribution in [3.8, 4) is 0 Å². The van der Waals surface area contributed by atoms with Crippen molar-refractivity contribution in [2.24, 2.45) is 11.7 Å². The molecule has 106 valence electrons. The summed E-state index contributed by atoms with van der Waals surface area (Å²) in [5.74, 6) is 2.00. The highest BCUT2D eigenvalue weighted by atomic mass is 15.2. The minimum atomic E-state index is 0.0750. The van der Waals surface area contributed by atoms with Crippen LogP contribution in [-0.2, 0) is 0 Å². The van der Waals surface area contributed by atoms with Crippen LogP contribution in [-0.4, -0.2) is 18.1 Å². The largest absolute Gasteiger partial charge is 0.357 e. The lowest BCUT2D eigenvalue weighted by Crippen LogP contribution is -2.35. The van der Waals surface area contributed by atoms with Gasteiger partial charge in [0.25, 0.3) is 0 Å². The molecule has 1 saturated carbocycles. The molecule has 2 N–H and O–H groups in total. The summed E-state index contributed by atoms with van der Waals surface area (Å²) in [7, 11) is 2.17. The van der Waals surface area contributed by atoms with Crippen molar-refractivity contribution in [2.45, 2.75) is 58.0 Å². The minimum absolute atomic E-state index is 0.0750. The molecule has 0 unspecified atom stereocenters. The van der Waals surface area contributed by atoms with Crippen LogP contribution in [0.3, 0.4) is 0 Å². The van der Waals surface area contributed by atoms with Crippen LogP contribution in [0.5, 0.6) is 0 Å². The van der Waals surface area contributed by atoms with E-state index in [1.54, 1.807) is 0 Å². The van der Waals surface area contributed by atoms with Gasteiger partial charge in [0.1, 0.15) is 5.82 Å². The van der Waals surface area contributed by atoms with Crippen molar-refractivity contribution < 1.29 is 0 Å². The summed E-state index contributed by atoms with van der Waals surface area (Å²) in [6, 6.07) is 4.86. The molecule has 0 saturated heterocycles. The highest BCUT2D eigenvalue weighted by molar-refractivity contribution is 5.42. The Hall–Kier alpha value is -1.09. The normalized spacial score (nSPS) is 25.1. The number of rotatable bonds is 4. The Balaban J connectivity index is 2.03. The van der Waals surface area contributed by atoms with Gasteiger partial charge in [-0.2, -0.15) is 0 Å². The van der Waals surface area contributed by atoms with Gasteiger partial charge in [0.2, 0.25) is 0 Å². The highest BCUT2D eigenvalue weighted by Crippen LogP contribution is 2.30. The smallest absolute Gasteiger partial charge is 0.128 e. The number of nitrogens with zero attached hydrogens (tertiary/aromatic N) is 2. The first-order valence-electron chi connectivity index (χ1n) is 7.56. The van der Waals surface area contributed by atoms with E-state index in [1.165, 1.54) is 37.7 Å². The Morgan fingerprint density at radius 3 is 2.63 bits per heavy atom. The first-order chi connectivity index (χ1) is 9.11. The van der Waals surface area contributed by atoms with Crippen molar-refractivity contribution in [3.63, 3.8) is 0 Å². The van der Waals surface area contributed by atoms with Crippen LogP contribution in [0.15, 0.2) is 18.3 Å². The molecule has 0 amide bonds. The maximum Gasteiger partial charge on any atom is 0.128 e. The van der Waals surface area contributed by atoms with Gasteiger partial charge < -0.3 is 10.6 Å². The predicted molar refractivity (Wildman–Crippen MR) is 81.3 cm³/mol. The molecular weight excluding hydrogens is 234 g/mol. The third-order valence-electron chi connectivity index (χ3n) is 4.60. The second-order valence-corrected chi connectivity index (χ2v) is 5.93. The van der Waals surface area contributed by atoms with E-state index in [1.807, 2.05) is 19.2 Å². The van der Waals surface area contributed by atoms with E-state index in [4.69, 9.17) is 5.73 Å². The summed E-state index contributed by atoms with van der Waals surface area (Å²) in [6.07, 6.45) is 8.51. The molecule has 2 rings (SSSR count). The molecule has 1 aliphatic rings. The van der Waals surface area contributed by atoms with Crippen LogP contribution in [0.4, 0.5) is 5.82 Å². The molecule has 0 radical (unpaired) electrons. The zero-order valence-corrected chi connectivity index (χ0v) is 12.5. The Kier molecular flexibility index (Phi) is 4.81. The van der Waals surface area contributed by atoms with Gasteiger partial charge in [0.15, 0.2) is 0 Å². The maximum absolute atomic E-state index is 5.95. The van der Waals surface area contributed by atoms with E-state index in [9.17, 15) is 0 Å². The lowest BCUT2D eigenvalue weighted by Gasteiger charge is -2.35. The molecule has 1 heterocycles. The van der Waals surface area contributed by atoms with Gasteiger partial charge in [0.05, 0.1) is 0 Å². The average Bonchev–Trinajstić information content (AvgIpc) is 2.46. The first-order valence-corrected chi connectivity index (χ1v) is 7.56. The van der Waals surface area contributed by atoms with E-state index < -0.39 is 0 Å². The van der Waals surface area contributed by atoms with E-state index in [0.29, 0.717) is 6.04 Å². The van der Waals surface area contributed by atoms with Crippen molar-refractivity contribution in [1.82, 2.24) is 4.98 Å². The third kappa shape index (κ3) is 3.47. The number of hydrogen-bond acceptors (Lipinski definition) is 3. The van der Waals surface area contributed by atoms with Gasteiger partial charge in [-0.3, -0.25) is 0 Å². The molecule has 0 aromatic carbocycles. The predicted octanol–water partition coefficient (Wildman–Crippen LogP) is 3.51. The minimum Gasteiger partial charge on any atom is -0.357 e. The monoisotopic (exact) mass is 261 g/mol. The van der Waals surface area contributed by atoms with Crippen LogP contribution in [0.25, 0.3) is 0 Å². The van der Waals surface area contributed by atoms with Gasteiger partial charge in [-0.25, -0.2) is 4.98 Å². The molecule has 1 aromatic rings. The quantitative estimate of drug-likeness (QED) is 0.902. The molecule has 1 fully saturated rings. The van der Waals surface area contributed by atoms with Gasteiger partial charge in [-0.15, -0.1) is 0 Å².